The second kappa shape index (κ2) is 10.8. The van der Waals surface area contributed by atoms with Gasteiger partial charge in [-0.15, -0.1) is 0 Å². The molecule has 4 nitrogen and oxygen atoms in total. The second-order valence-corrected chi connectivity index (χ2v) is 14.7. The summed E-state index contributed by atoms with van der Waals surface area (Å²) in [6, 6.07) is 19.0. The van der Waals surface area contributed by atoms with Gasteiger partial charge in [-0.2, -0.15) is 0 Å². The molecule has 0 aliphatic heterocycles. The first kappa shape index (κ1) is 22.7. The molecule has 0 aliphatic rings. The molecule has 0 saturated carbocycles. The fourth-order valence-electron chi connectivity index (χ4n) is 2.60. The number of hydrogen-bond acceptors (Lipinski definition) is 3. The fraction of sp³-hybridized carbons (Fsp3) is 0.409. The minimum Gasteiger partial charge on any atom is -0.450 e. The van der Waals surface area contributed by atoms with E-state index in [4.69, 9.17) is 9.47 Å². The van der Waals surface area contributed by atoms with Crippen LogP contribution in [0.3, 0.4) is 0 Å². The molecule has 0 aromatic heterocycles. The van der Waals surface area contributed by atoms with Gasteiger partial charge in [0.2, 0.25) is 0 Å². The highest BCUT2D eigenvalue weighted by Crippen LogP contribution is 2.17. The third-order valence-corrected chi connectivity index (χ3v) is 6.58. The van der Waals surface area contributed by atoms with Crippen LogP contribution in [0.2, 0.25) is 25.7 Å². The van der Waals surface area contributed by atoms with Crippen molar-refractivity contribution in [3.63, 3.8) is 0 Å². The summed E-state index contributed by atoms with van der Waals surface area (Å²) in [5.41, 5.74) is 2.16. The maximum Gasteiger partial charge on any atom is 0.411 e. The topological polar surface area (TPSA) is 38.8 Å². The molecule has 0 spiro atoms. The third-order valence-electron chi connectivity index (χ3n) is 4.38. The molecule has 6 heteroatoms. The minimum absolute atomic E-state index is 0.341. The molecule has 0 aliphatic carbocycles. The number of carbonyl (C=O) groups is 1. The van der Waals surface area contributed by atoms with E-state index in [1.165, 1.54) is 0 Å². The predicted molar refractivity (Wildman–Crippen MR) is 120 cm³/mol. The Morgan fingerprint density at radius 3 is 2.39 bits per heavy atom. The van der Waals surface area contributed by atoms with Crippen molar-refractivity contribution in [1.29, 1.82) is 0 Å². The van der Waals surface area contributed by atoms with Crippen molar-refractivity contribution in [2.75, 3.05) is 13.7 Å². The van der Waals surface area contributed by atoms with E-state index in [1.54, 1.807) is 11.9 Å². The van der Waals surface area contributed by atoms with E-state index in [9.17, 15) is 4.79 Å². The summed E-state index contributed by atoms with van der Waals surface area (Å²) in [4.78, 5) is 14.1. The fourth-order valence-corrected chi connectivity index (χ4v) is 3.76. The number of likely N-dealkylation sites (N-methyl/N-ethyl adjacent to an activating group) is 1. The molecule has 0 bridgehead atoms. The van der Waals surface area contributed by atoms with Crippen molar-refractivity contribution >= 4 is 30.1 Å². The Bertz CT molecular complexity index is 749. The molecule has 2 aromatic rings. The Kier molecular flexibility index (Phi) is 8.73. The van der Waals surface area contributed by atoms with Crippen LogP contribution in [0.15, 0.2) is 59.1 Å². The van der Waals surface area contributed by atoms with Crippen molar-refractivity contribution < 1.29 is 14.3 Å². The Labute approximate surface area is 178 Å². The third kappa shape index (κ3) is 8.16. The molecular weight excluding hydrogens is 434 g/mol. The van der Waals surface area contributed by atoms with Crippen LogP contribution in [-0.4, -0.2) is 38.9 Å². The maximum atomic E-state index is 12.6. The van der Waals surface area contributed by atoms with Gasteiger partial charge < -0.3 is 9.47 Å². The van der Waals surface area contributed by atoms with E-state index in [0.29, 0.717) is 19.6 Å². The summed E-state index contributed by atoms with van der Waals surface area (Å²) in [6.07, 6.45) is -0.161. The number of amides is 1. The van der Waals surface area contributed by atoms with Gasteiger partial charge in [0, 0.05) is 26.0 Å². The van der Waals surface area contributed by atoms with E-state index in [2.05, 4.69) is 35.6 Å². The summed E-state index contributed by atoms with van der Waals surface area (Å²) in [7, 11) is 0.496. The van der Waals surface area contributed by atoms with Gasteiger partial charge in [-0.3, -0.25) is 4.90 Å². The molecule has 28 heavy (non-hydrogen) atoms. The number of nitrogens with zero attached hydrogens (tertiary/aromatic N) is 1. The summed E-state index contributed by atoms with van der Waals surface area (Å²) >= 11 is 3.50. The highest BCUT2D eigenvalue weighted by Gasteiger charge is 2.23. The van der Waals surface area contributed by atoms with Crippen molar-refractivity contribution in [2.24, 2.45) is 0 Å². The van der Waals surface area contributed by atoms with Gasteiger partial charge in [0.25, 0.3) is 0 Å². The Morgan fingerprint density at radius 2 is 1.75 bits per heavy atom. The Morgan fingerprint density at radius 1 is 1.07 bits per heavy atom. The van der Waals surface area contributed by atoms with Gasteiger partial charge in [-0.1, -0.05) is 78.0 Å². The number of hydrogen-bond donors (Lipinski definition) is 0. The van der Waals surface area contributed by atoms with E-state index in [-0.39, 0.29) is 6.09 Å². The zero-order valence-electron chi connectivity index (χ0n) is 17.2. The van der Waals surface area contributed by atoms with Crippen LogP contribution in [0.1, 0.15) is 11.1 Å². The van der Waals surface area contributed by atoms with Crippen LogP contribution < -0.4 is 0 Å². The first-order chi connectivity index (χ1) is 13.2. The molecule has 1 atom stereocenters. The highest BCUT2D eigenvalue weighted by atomic mass is 79.9. The van der Waals surface area contributed by atoms with Crippen molar-refractivity contribution in [1.82, 2.24) is 4.90 Å². The molecular formula is C22H30BrNO3Si. The number of ether oxygens (including phenoxy) is 2. The standard InChI is InChI=1S/C22H30BrNO3Si/c1-24(22(25)26-13-14-28(2,3)4)21(16-19-11-8-12-20(23)15-19)27-17-18-9-6-5-7-10-18/h5-12,15,21H,13-14,16-17H2,1-4H3. The minimum atomic E-state index is -1.24. The lowest BCUT2D eigenvalue weighted by atomic mass is 10.1. The van der Waals surface area contributed by atoms with Crippen molar-refractivity contribution in [3.8, 4) is 0 Å². The van der Waals surface area contributed by atoms with Crippen LogP contribution in [0.4, 0.5) is 4.79 Å². The second-order valence-electron chi connectivity index (χ2n) is 8.12. The molecule has 1 unspecified atom stereocenters. The number of halogens is 1. The van der Waals surface area contributed by atoms with E-state index in [0.717, 1.165) is 21.6 Å². The monoisotopic (exact) mass is 463 g/mol. The van der Waals surface area contributed by atoms with E-state index >= 15 is 0 Å². The lowest BCUT2D eigenvalue weighted by Crippen LogP contribution is -2.41. The molecule has 2 aromatic carbocycles. The zero-order chi connectivity index (χ0) is 20.6. The van der Waals surface area contributed by atoms with Gasteiger partial charge in [-0.05, 0) is 29.3 Å². The summed E-state index contributed by atoms with van der Waals surface area (Å²) in [5.74, 6) is 0. The molecule has 0 N–H and O–H groups in total. The van der Waals surface area contributed by atoms with E-state index in [1.807, 2.05) is 54.6 Å². The number of carbonyl (C=O) groups excluding carboxylic acids is 1. The van der Waals surface area contributed by atoms with Gasteiger partial charge in [0.05, 0.1) is 13.2 Å². The smallest absolute Gasteiger partial charge is 0.411 e. The lowest BCUT2D eigenvalue weighted by Gasteiger charge is -2.28. The van der Waals surface area contributed by atoms with E-state index < -0.39 is 14.3 Å². The quantitative estimate of drug-likeness (QED) is 0.341. The maximum absolute atomic E-state index is 12.6. The first-order valence-corrected chi connectivity index (χ1v) is 14.0. The molecule has 0 saturated heterocycles. The Hall–Kier alpha value is -1.63. The summed E-state index contributed by atoms with van der Waals surface area (Å²) < 4.78 is 12.6. The lowest BCUT2D eigenvalue weighted by molar-refractivity contribution is -0.0507. The van der Waals surface area contributed by atoms with Gasteiger partial charge in [0.15, 0.2) is 0 Å². The first-order valence-electron chi connectivity index (χ1n) is 9.54. The summed E-state index contributed by atoms with van der Waals surface area (Å²) in [5, 5.41) is 0. The number of benzene rings is 2. The number of rotatable bonds is 9. The van der Waals surface area contributed by atoms with Crippen LogP contribution in [0, 0.1) is 0 Å². The van der Waals surface area contributed by atoms with Gasteiger partial charge >= 0.3 is 6.09 Å². The molecule has 2 rings (SSSR count). The van der Waals surface area contributed by atoms with Crippen LogP contribution in [-0.2, 0) is 22.5 Å². The van der Waals surface area contributed by atoms with Crippen molar-refractivity contribution in [2.45, 2.75) is 44.9 Å². The Balaban J connectivity index is 2.03. The average Bonchev–Trinajstić information content (AvgIpc) is 2.64. The zero-order valence-corrected chi connectivity index (χ0v) is 19.7. The van der Waals surface area contributed by atoms with Crippen molar-refractivity contribution in [3.05, 3.63) is 70.2 Å². The molecule has 0 fully saturated rings. The van der Waals surface area contributed by atoms with Crippen LogP contribution in [0.25, 0.3) is 0 Å². The average molecular weight is 464 g/mol. The molecule has 1 amide bonds. The molecule has 0 heterocycles. The molecule has 152 valence electrons. The normalized spacial score (nSPS) is 12.5. The molecule has 0 radical (unpaired) electrons. The summed E-state index contributed by atoms with van der Waals surface area (Å²) in [6.45, 7) is 7.70. The van der Waals surface area contributed by atoms with Crippen LogP contribution >= 0.6 is 15.9 Å². The van der Waals surface area contributed by atoms with Gasteiger partial charge in [-0.25, -0.2) is 4.79 Å². The highest BCUT2D eigenvalue weighted by molar-refractivity contribution is 9.10. The SMILES string of the molecule is CN(C(=O)OCC[Si](C)(C)C)C(Cc1cccc(Br)c1)OCc1ccccc1. The van der Waals surface area contributed by atoms with Gasteiger partial charge in [0.1, 0.15) is 6.23 Å². The van der Waals surface area contributed by atoms with Crippen LogP contribution in [0.5, 0.6) is 0 Å². The largest absolute Gasteiger partial charge is 0.450 e. The predicted octanol–water partition coefficient (Wildman–Crippen LogP) is 5.94.